The van der Waals surface area contributed by atoms with Crippen LogP contribution in [0.1, 0.15) is 85.8 Å². The second-order valence-electron chi connectivity index (χ2n) is 13.5. The number of hydrogen-bond donors (Lipinski definition) is 2. The molecule has 6 nitrogen and oxygen atoms in total. The van der Waals surface area contributed by atoms with Gasteiger partial charge in [-0.05, 0) is 67.6 Å². The van der Waals surface area contributed by atoms with Crippen LogP contribution in [0.2, 0.25) is 18.1 Å². The van der Waals surface area contributed by atoms with Gasteiger partial charge < -0.3 is 19.4 Å². The zero-order valence-electron chi connectivity index (χ0n) is 27.4. The summed E-state index contributed by atoms with van der Waals surface area (Å²) >= 11 is 0. The molecule has 1 unspecified atom stereocenters. The molecule has 2 N–H and O–H groups in total. The molecule has 0 heterocycles. The predicted octanol–water partition coefficient (Wildman–Crippen LogP) is 7.20. The Morgan fingerprint density at radius 3 is 1.69 bits per heavy atom. The van der Waals surface area contributed by atoms with Gasteiger partial charge in [-0.1, -0.05) is 102 Å². The van der Waals surface area contributed by atoms with E-state index in [1.54, 1.807) is 41.5 Å². The van der Waals surface area contributed by atoms with Crippen molar-refractivity contribution >= 4 is 20.1 Å². The molecule has 232 valence electrons. The average Bonchev–Trinajstić information content (AvgIpc) is 2.94. The molecule has 2 aromatic rings. The van der Waals surface area contributed by atoms with Gasteiger partial charge in [-0.3, -0.25) is 4.79 Å². The number of esters is 1. The lowest BCUT2D eigenvalue weighted by molar-refractivity contribution is -0.156. The molecule has 4 atom stereocenters. The maximum absolute atomic E-state index is 14.2. The van der Waals surface area contributed by atoms with E-state index in [4.69, 9.17) is 9.16 Å². The van der Waals surface area contributed by atoms with Crippen LogP contribution in [0.3, 0.4) is 0 Å². The van der Waals surface area contributed by atoms with E-state index < -0.39 is 55.8 Å². The van der Waals surface area contributed by atoms with E-state index >= 15 is 0 Å². The highest BCUT2D eigenvalue weighted by Gasteiger charge is 2.45. The number of carbonyl (C=O) groups is 2. The van der Waals surface area contributed by atoms with Gasteiger partial charge >= 0.3 is 5.97 Å². The molecule has 0 aliphatic heterocycles. The summed E-state index contributed by atoms with van der Waals surface area (Å²) in [4.78, 5) is 27.3. The van der Waals surface area contributed by atoms with Gasteiger partial charge in [-0.25, -0.2) is 4.79 Å². The van der Waals surface area contributed by atoms with Crippen molar-refractivity contribution in [1.29, 1.82) is 0 Å². The van der Waals surface area contributed by atoms with Crippen molar-refractivity contribution in [3.05, 3.63) is 82.9 Å². The number of rotatable bonds is 13. The van der Waals surface area contributed by atoms with Crippen molar-refractivity contribution in [2.45, 2.75) is 117 Å². The first kappa shape index (κ1) is 35.6. The SMILES string of the molecule is CC[C@H](O)C(C)(C)C(=O)[C@H](O)/C(C)=C(\C)C(C)OC(=O)[C@H](O[Si](C)(C)C(C)(C)C)C(c1ccccc1)c1ccccc1. The van der Waals surface area contributed by atoms with Crippen LogP contribution < -0.4 is 0 Å². The van der Waals surface area contributed by atoms with Crippen LogP contribution in [-0.2, 0) is 18.8 Å². The van der Waals surface area contributed by atoms with Crippen LogP contribution in [0.25, 0.3) is 0 Å². The third-order valence-electron chi connectivity index (χ3n) is 9.12. The molecule has 0 saturated heterocycles. The van der Waals surface area contributed by atoms with Crippen LogP contribution in [0, 0.1) is 5.41 Å². The first-order valence-corrected chi connectivity index (χ1v) is 17.8. The first-order valence-electron chi connectivity index (χ1n) is 14.9. The van der Waals surface area contributed by atoms with E-state index in [0.717, 1.165) is 11.1 Å². The minimum Gasteiger partial charge on any atom is -0.456 e. The Hall–Kier alpha value is -2.58. The summed E-state index contributed by atoms with van der Waals surface area (Å²) in [6.07, 6.45) is -3.57. The molecule has 0 spiro atoms. The number of hydrogen-bond acceptors (Lipinski definition) is 6. The summed E-state index contributed by atoms with van der Waals surface area (Å²) in [5.74, 6) is -1.38. The highest BCUT2D eigenvalue weighted by molar-refractivity contribution is 6.74. The second kappa shape index (κ2) is 14.3. The lowest BCUT2D eigenvalue weighted by Gasteiger charge is -2.41. The monoisotopic (exact) mass is 596 g/mol. The van der Waals surface area contributed by atoms with Crippen LogP contribution >= 0.6 is 0 Å². The van der Waals surface area contributed by atoms with Crippen molar-refractivity contribution in [2.24, 2.45) is 5.41 Å². The highest BCUT2D eigenvalue weighted by atomic mass is 28.4. The Balaban J connectivity index is 2.52. The Kier molecular flexibility index (Phi) is 12.1. The van der Waals surface area contributed by atoms with Gasteiger partial charge in [0.1, 0.15) is 12.2 Å². The van der Waals surface area contributed by atoms with E-state index in [9.17, 15) is 19.8 Å². The maximum Gasteiger partial charge on any atom is 0.335 e. The van der Waals surface area contributed by atoms with Crippen molar-refractivity contribution < 1.29 is 29.0 Å². The Morgan fingerprint density at radius 1 is 0.833 bits per heavy atom. The minimum absolute atomic E-state index is 0.151. The summed E-state index contributed by atoms with van der Waals surface area (Å²) in [6.45, 7) is 20.9. The number of benzene rings is 2. The van der Waals surface area contributed by atoms with E-state index in [2.05, 4.69) is 33.9 Å². The van der Waals surface area contributed by atoms with Crippen LogP contribution in [0.15, 0.2) is 71.8 Å². The van der Waals surface area contributed by atoms with Gasteiger partial charge in [0, 0.05) is 5.92 Å². The quantitative estimate of drug-likeness (QED) is 0.144. The zero-order valence-corrected chi connectivity index (χ0v) is 28.4. The Bertz CT molecular complexity index is 1170. The molecule has 2 rings (SSSR count). The molecule has 0 aromatic heterocycles. The number of aliphatic hydroxyl groups excluding tert-OH is 2. The van der Waals surface area contributed by atoms with Crippen molar-refractivity contribution in [1.82, 2.24) is 0 Å². The number of carbonyl (C=O) groups excluding carboxylic acids is 2. The summed E-state index contributed by atoms with van der Waals surface area (Å²) in [6, 6.07) is 19.7. The smallest absolute Gasteiger partial charge is 0.335 e. The van der Waals surface area contributed by atoms with Gasteiger partial charge in [0.2, 0.25) is 0 Å². The molecular formula is C35H52O6Si. The Morgan fingerprint density at radius 2 is 1.29 bits per heavy atom. The van der Waals surface area contributed by atoms with Crippen molar-refractivity contribution in [3.8, 4) is 0 Å². The zero-order chi connectivity index (χ0) is 32.0. The molecule has 0 bridgehead atoms. The van der Waals surface area contributed by atoms with Gasteiger partial charge in [0.05, 0.1) is 11.5 Å². The lowest BCUT2D eigenvalue weighted by Crippen LogP contribution is -2.49. The van der Waals surface area contributed by atoms with Gasteiger partial charge in [-0.15, -0.1) is 0 Å². The third kappa shape index (κ3) is 8.28. The summed E-state index contributed by atoms with van der Waals surface area (Å²) in [5, 5.41) is 21.2. The van der Waals surface area contributed by atoms with E-state index in [0.29, 0.717) is 17.6 Å². The van der Waals surface area contributed by atoms with Crippen LogP contribution in [-0.4, -0.2) is 54.7 Å². The van der Waals surface area contributed by atoms with Crippen molar-refractivity contribution in [3.63, 3.8) is 0 Å². The van der Waals surface area contributed by atoms with E-state index in [1.165, 1.54) is 0 Å². The molecule has 0 fully saturated rings. The predicted molar refractivity (Wildman–Crippen MR) is 172 cm³/mol. The summed E-state index contributed by atoms with van der Waals surface area (Å²) in [7, 11) is -2.45. The molecule has 0 aliphatic carbocycles. The number of Topliss-reactive ketones (excluding diaryl/α,β-unsaturated/α-hetero) is 1. The summed E-state index contributed by atoms with van der Waals surface area (Å²) < 4.78 is 13.0. The second-order valence-corrected chi connectivity index (χ2v) is 18.2. The summed E-state index contributed by atoms with van der Waals surface area (Å²) in [5.41, 5.74) is 1.74. The number of ketones is 1. The molecule has 7 heteroatoms. The number of ether oxygens (including phenoxy) is 1. The van der Waals surface area contributed by atoms with Crippen molar-refractivity contribution in [2.75, 3.05) is 0 Å². The van der Waals surface area contributed by atoms with E-state index in [-0.39, 0.29) is 5.04 Å². The van der Waals surface area contributed by atoms with Gasteiger partial charge in [0.15, 0.2) is 20.2 Å². The normalized spacial score (nSPS) is 16.3. The molecule has 2 aromatic carbocycles. The molecular weight excluding hydrogens is 544 g/mol. The minimum atomic E-state index is -2.45. The van der Waals surface area contributed by atoms with Gasteiger partial charge in [-0.2, -0.15) is 0 Å². The highest BCUT2D eigenvalue weighted by Crippen LogP contribution is 2.41. The standard InChI is InChI=1S/C35H52O6Si/c1-12-28(36)35(8,9)32(38)30(37)24(3)23(2)25(4)40-33(39)31(41-42(10,11)34(5,6)7)29(26-19-15-13-16-20-26)27-21-17-14-18-22-27/h13-22,25,28-31,36-37H,12H2,1-11H3/b24-23+/t25?,28-,30+,31+/m0/s1. The van der Waals surface area contributed by atoms with Gasteiger partial charge in [0.25, 0.3) is 0 Å². The van der Waals surface area contributed by atoms with E-state index in [1.807, 2.05) is 60.7 Å². The van der Waals surface area contributed by atoms with Crippen LogP contribution in [0.4, 0.5) is 0 Å². The molecule has 0 aliphatic rings. The molecule has 0 saturated carbocycles. The molecule has 0 radical (unpaired) electrons. The van der Waals surface area contributed by atoms with Crippen LogP contribution in [0.5, 0.6) is 0 Å². The fourth-order valence-electron chi connectivity index (χ4n) is 4.70. The maximum atomic E-state index is 14.2. The Labute approximate surface area is 254 Å². The number of aliphatic hydroxyl groups is 2. The molecule has 42 heavy (non-hydrogen) atoms. The first-order chi connectivity index (χ1) is 19.4. The third-order valence-corrected chi connectivity index (χ3v) is 13.6. The fraction of sp³-hybridized carbons (Fsp3) is 0.543. The lowest BCUT2D eigenvalue weighted by atomic mass is 9.77. The largest absolute Gasteiger partial charge is 0.456 e. The molecule has 0 amide bonds. The fourth-order valence-corrected chi connectivity index (χ4v) is 5.92. The topological polar surface area (TPSA) is 93.1 Å². The average molecular weight is 597 g/mol.